The number of halogens is 1. The first-order chi connectivity index (χ1) is 16.1. The molecule has 3 aromatic carbocycles. The highest BCUT2D eigenvalue weighted by Gasteiger charge is 2.22. The van der Waals surface area contributed by atoms with Gasteiger partial charge in [-0.2, -0.15) is 0 Å². The van der Waals surface area contributed by atoms with Crippen molar-refractivity contribution in [2.24, 2.45) is 0 Å². The average Bonchev–Trinajstić information content (AvgIpc) is 3.27. The molecular formula is C27H20ClN3OS. The molecule has 0 radical (unpaired) electrons. The van der Waals surface area contributed by atoms with Gasteiger partial charge in [-0.3, -0.25) is 14.7 Å². The van der Waals surface area contributed by atoms with E-state index in [4.69, 9.17) is 16.6 Å². The summed E-state index contributed by atoms with van der Waals surface area (Å²) in [5, 5.41) is 1.31. The number of pyridine rings is 1. The van der Waals surface area contributed by atoms with Crippen molar-refractivity contribution >= 4 is 44.2 Å². The summed E-state index contributed by atoms with van der Waals surface area (Å²) in [7, 11) is 0. The van der Waals surface area contributed by atoms with E-state index >= 15 is 0 Å². The number of carbonyl (C=O) groups is 1. The summed E-state index contributed by atoms with van der Waals surface area (Å²) in [5.74, 6) is -0.103. The number of rotatable bonds is 5. The van der Waals surface area contributed by atoms with Gasteiger partial charge in [-0.1, -0.05) is 65.4 Å². The van der Waals surface area contributed by atoms with Gasteiger partial charge in [0, 0.05) is 23.0 Å². The number of anilines is 1. The molecule has 0 bridgehead atoms. The largest absolute Gasteiger partial charge is 0.279 e. The highest BCUT2D eigenvalue weighted by Crippen LogP contribution is 2.34. The topological polar surface area (TPSA) is 46.1 Å². The lowest BCUT2D eigenvalue weighted by Crippen LogP contribution is -2.30. The molecule has 0 unspecified atom stereocenters. The molecule has 0 spiro atoms. The lowest BCUT2D eigenvalue weighted by atomic mass is 10.0. The van der Waals surface area contributed by atoms with Crippen LogP contribution in [0.2, 0.25) is 5.02 Å². The Morgan fingerprint density at radius 1 is 0.939 bits per heavy atom. The SMILES string of the molecule is Cc1cc(Cl)cc2sc(N(Cc3ccncc3)C(=O)c3ccc(-c4ccccc4)cc3)nc12. The van der Waals surface area contributed by atoms with Crippen molar-refractivity contribution < 1.29 is 4.79 Å². The number of hydrogen-bond donors (Lipinski definition) is 0. The second-order valence-corrected chi connectivity index (χ2v) is 9.20. The van der Waals surface area contributed by atoms with Crippen molar-refractivity contribution in [1.29, 1.82) is 0 Å². The van der Waals surface area contributed by atoms with Crippen LogP contribution < -0.4 is 4.90 Å². The van der Waals surface area contributed by atoms with Crippen LogP contribution in [0.1, 0.15) is 21.5 Å². The molecule has 0 saturated heterocycles. The third-order valence-corrected chi connectivity index (χ3v) is 6.69. The quantitative estimate of drug-likeness (QED) is 0.274. The lowest BCUT2D eigenvalue weighted by Gasteiger charge is -2.20. The van der Waals surface area contributed by atoms with Crippen LogP contribution in [0.25, 0.3) is 21.3 Å². The maximum atomic E-state index is 13.7. The second-order valence-electron chi connectivity index (χ2n) is 7.76. The first-order valence-electron chi connectivity index (χ1n) is 10.5. The summed E-state index contributed by atoms with van der Waals surface area (Å²) in [6.45, 7) is 2.38. The van der Waals surface area contributed by atoms with Gasteiger partial charge in [0.25, 0.3) is 5.91 Å². The normalized spacial score (nSPS) is 11.0. The minimum Gasteiger partial charge on any atom is -0.279 e. The maximum absolute atomic E-state index is 13.7. The summed E-state index contributed by atoms with van der Waals surface area (Å²) in [6.07, 6.45) is 3.46. The summed E-state index contributed by atoms with van der Waals surface area (Å²) >= 11 is 7.73. The summed E-state index contributed by atoms with van der Waals surface area (Å²) in [5.41, 5.74) is 5.63. The molecule has 6 heteroatoms. The fourth-order valence-corrected chi connectivity index (χ4v) is 5.16. The number of fused-ring (bicyclic) bond motifs is 1. The van der Waals surface area contributed by atoms with Crippen LogP contribution in [0.4, 0.5) is 5.13 Å². The van der Waals surface area contributed by atoms with E-state index in [1.807, 2.05) is 73.7 Å². The highest BCUT2D eigenvalue weighted by molar-refractivity contribution is 7.22. The zero-order valence-electron chi connectivity index (χ0n) is 17.9. The van der Waals surface area contributed by atoms with E-state index in [0.717, 1.165) is 32.5 Å². The van der Waals surface area contributed by atoms with Crippen LogP contribution in [0.3, 0.4) is 0 Å². The Kier molecular flexibility index (Phi) is 5.90. The van der Waals surface area contributed by atoms with Crippen LogP contribution in [0, 0.1) is 6.92 Å². The molecular weight excluding hydrogens is 450 g/mol. The van der Waals surface area contributed by atoms with Crippen molar-refractivity contribution in [3.63, 3.8) is 0 Å². The molecule has 2 heterocycles. The first kappa shape index (κ1) is 21.3. The predicted octanol–water partition coefficient (Wildman–Crippen LogP) is 7.17. The van der Waals surface area contributed by atoms with Gasteiger partial charge in [0.2, 0.25) is 0 Å². The molecule has 0 aliphatic carbocycles. The number of amides is 1. The van der Waals surface area contributed by atoms with E-state index in [0.29, 0.717) is 22.3 Å². The van der Waals surface area contributed by atoms with Crippen LogP contribution in [0.15, 0.2) is 91.3 Å². The standard InChI is InChI=1S/C27H20ClN3OS/c1-18-15-23(28)16-24-25(18)30-27(33-24)31(17-19-11-13-29-14-12-19)26(32)22-9-7-21(8-10-22)20-5-3-2-4-6-20/h2-16H,17H2,1H3. The molecule has 0 fully saturated rings. The molecule has 4 nitrogen and oxygen atoms in total. The van der Waals surface area contributed by atoms with Crippen LogP contribution in [-0.4, -0.2) is 15.9 Å². The van der Waals surface area contributed by atoms with E-state index in [-0.39, 0.29) is 5.91 Å². The molecule has 2 aromatic heterocycles. The third kappa shape index (κ3) is 4.51. The van der Waals surface area contributed by atoms with Gasteiger partial charge < -0.3 is 0 Å². The molecule has 0 aliphatic rings. The number of nitrogens with zero attached hydrogens (tertiary/aromatic N) is 3. The van der Waals surface area contributed by atoms with Crippen LogP contribution in [0.5, 0.6) is 0 Å². The smallest absolute Gasteiger partial charge is 0.260 e. The van der Waals surface area contributed by atoms with E-state index in [9.17, 15) is 4.79 Å². The van der Waals surface area contributed by atoms with E-state index in [2.05, 4.69) is 17.1 Å². The molecule has 1 amide bonds. The van der Waals surface area contributed by atoms with Gasteiger partial charge in [0.05, 0.1) is 16.8 Å². The van der Waals surface area contributed by atoms with Crippen LogP contribution in [-0.2, 0) is 6.54 Å². The van der Waals surface area contributed by atoms with Crippen molar-refractivity contribution in [3.8, 4) is 11.1 Å². The van der Waals surface area contributed by atoms with E-state index in [1.54, 1.807) is 17.3 Å². The molecule has 0 atom stereocenters. The van der Waals surface area contributed by atoms with E-state index < -0.39 is 0 Å². The lowest BCUT2D eigenvalue weighted by molar-refractivity contribution is 0.0985. The van der Waals surface area contributed by atoms with Crippen molar-refractivity contribution in [1.82, 2.24) is 9.97 Å². The van der Waals surface area contributed by atoms with E-state index in [1.165, 1.54) is 11.3 Å². The maximum Gasteiger partial charge on any atom is 0.260 e. The number of hydrogen-bond acceptors (Lipinski definition) is 4. The third-order valence-electron chi connectivity index (χ3n) is 5.44. The Morgan fingerprint density at radius 3 is 2.36 bits per heavy atom. The number of carbonyl (C=O) groups excluding carboxylic acids is 1. The van der Waals surface area contributed by atoms with Gasteiger partial charge in [-0.25, -0.2) is 4.98 Å². The van der Waals surface area contributed by atoms with Gasteiger partial charge in [-0.15, -0.1) is 0 Å². The molecule has 5 aromatic rings. The fraction of sp³-hybridized carbons (Fsp3) is 0.0741. The predicted molar refractivity (Wildman–Crippen MR) is 136 cm³/mol. The number of thiazole rings is 1. The van der Waals surface area contributed by atoms with Gasteiger partial charge >= 0.3 is 0 Å². The number of aromatic nitrogens is 2. The highest BCUT2D eigenvalue weighted by atomic mass is 35.5. The van der Waals surface area contributed by atoms with Crippen molar-refractivity contribution in [2.45, 2.75) is 13.5 Å². The van der Waals surface area contributed by atoms with Crippen molar-refractivity contribution in [2.75, 3.05) is 4.90 Å². The minimum absolute atomic E-state index is 0.103. The zero-order valence-corrected chi connectivity index (χ0v) is 19.5. The molecule has 5 rings (SSSR count). The van der Waals surface area contributed by atoms with Crippen LogP contribution >= 0.6 is 22.9 Å². The van der Waals surface area contributed by atoms with Gasteiger partial charge in [0.15, 0.2) is 5.13 Å². The monoisotopic (exact) mass is 469 g/mol. The zero-order chi connectivity index (χ0) is 22.8. The molecule has 0 aliphatic heterocycles. The first-order valence-corrected chi connectivity index (χ1v) is 11.7. The minimum atomic E-state index is -0.103. The summed E-state index contributed by atoms with van der Waals surface area (Å²) < 4.78 is 0.960. The van der Waals surface area contributed by atoms with Crippen molar-refractivity contribution in [3.05, 3.63) is 113 Å². The molecule has 0 N–H and O–H groups in total. The number of benzene rings is 3. The Balaban J connectivity index is 1.53. The average molecular weight is 470 g/mol. The summed E-state index contributed by atoms with van der Waals surface area (Å²) in [4.78, 5) is 24.3. The molecule has 33 heavy (non-hydrogen) atoms. The Morgan fingerprint density at radius 2 is 1.64 bits per heavy atom. The molecule has 162 valence electrons. The van der Waals surface area contributed by atoms with Gasteiger partial charge in [0.1, 0.15) is 0 Å². The second kappa shape index (κ2) is 9.14. The number of aryl methyl sites for hydroxylation is 1. The van der Waals surface area contributed by atoms with Gasteiger partial charge in [-0.05, 0) is 65.6 Å². The summed E-state index contributed by atoms with van der Waals surface area (Å²) in [6, 6.07) is 25.4. The molecule has 0 saturated carbocycles. The Hall–Kier alpha value is -3.54. The Labute approximate surface area is 201 Å². The fourth-order valence-electron chi connectivity index (χ4n) is 3.75. The Bertz CT molecular complexity index is 1420.